The second kappa shape index (κ2) is 12.4. The lowest BCUT2D eigenvalue weighted by atomic mass is 10.1. The van der Waals surface area contributed by atoms with Gasteiger partial charge < -0.3 is 14.8 Å². The Bertz CT molecular complexity index is 1030. The molecule has 0 aliphatic rings. The van der Waals surface area contributed by atoms with Gasteiger partial charge in [-0.15, -0.1) is 0 Å². The number of methoxy groups -OCH3 is 1. The maximum absolute atomic E-state index is 8.69. The molecule has 31 heavy (non-hydrogen) atoms. The second-order valence-electron chi connectivity index (χ2n) is 6.35. The van der Waals surface area contributed by atoms with Gasteiger partial charge in [0.05, 0.1) is 12.8 Å². The van der Waals surface area contributed by atoms with Gasteiger partial charge in [0.2, 0.25) is 0 Å². The number of halogens is 1. The molecule has 0 aliphatic heterocycles. The second-order valence-corrected chi connectivity index (χ2v) is 6.78. The maximum atomic E-state index is 8.69. The first-order valence-electron chi connectivity index (χ1n) is 10.1. The van der Waals surface area contributed by atoms with Crippen LogP contribution in [0, 0.1) is 18.3 Å². The fourth-order valence-electron chi connectivity index (χ4n) is 2.88. The van der Waals surface area contributed by atoms with Crippen molar-refractivity contribution in [3.8, 4) is 29.1 Å². The highest BCUT2D eigenvalue weighted by molar-refractivity contribution is 6.30. The minimum Gasteiger partial charge on any atom is -0.479 e. The summed E-state index contributed by atoms with van der Waals surface area (Å²) in [5, 5.41) is 12.8. The highest BCUT2D eigenvalue weighted by Gasteiger charge is 2.09. The lowest BCUT2D eigenvalue weighted by molar-refractivity contribution is 0.368. The van der Waals surface area contributed by atoms with Crippen LogP contribution in [0.5, 0.6) is 11.8 Å². The number of nitriles is 1. The van der Waals surface area contributed by atoms with Gasteiger partial charge in [0, 0.05) is 23.2 Å². The Hall–Kier alpha value is -3.30. The molecular weight excluding hydrogens is 412 g/mol. The van der Waals surface area contributed by atoms with Crippen molar-refractivity contribution in [3.05, 3.63) is 64.7 Å². The maximum Gasteiger partial charge on any atom is 0.318 e. The fraction of sp³-hybridized carbons (Fsp3) is 0.292. The summed E-state index contributed by atoms with van der Waals surface area (Å²) in [7, 11) is 1.53. The number of aryl methyl sites for hydroxylation is 1. The number of hydrogen-bond acceptors (Lipinski definition) is 6. The average molecular weight is 439 g/mol. The van der Waals surface area contributed by atoms with Crippen molar-refractivity contribution in [3.63, 3.8) is 0 Å². The summed E-state index contributed by atoms with van der Waals surface area (Å²) in [6.45, 7) is 6.75. The Morgan fingerprint density at radius 2 is 1.90 bits per heavy atom. The van der Waals surface area contributed by atoms with Crippen molar-refractivity contribution in [1.82, 2.24) is 9.97 Å². The number of nitrogens with zero attached hydrogens (tertiary/aromatic N) is 3. The van der Waals surface area contributed by atoms with E-state index in [0.29, 0.717) is 23.8 Å². The van der Waals surface area contributed by atoms with Gasteiger partial charge in [0.25, 0.3) is 0 Å². The molecule has 0 atom stereocenters. The standard InChI is InChI=1S/C22H21ClN4O2.C2H6/c1-15-12-18(23)7-6-16(15)8-10-25-21-14-20(26-22(27-21)28-2)17-4-3-5-19(13-17)29-11-9-24;1-2/h3-7,12-14H,8,10-11H2,1-2H3,(H,25,26,27);1-2H3. The van der Waals surface area contributed by atoms with Gasteiger partial charge in [-0.1, -0.05) is 43.6 Å². The molecule has 0 spiro atoms. The highest BCUT2D eigenvalue weighted by Crippen LogP contribution is 2.26. The minimum atomic E-state index is -0.00648. The van der Waals surface area contributed by atoms with Crippen LogP contribution in [0.4, 0.5) is 5.82 Å². The summed E-state index contributed by atoms with van der Waals surface area (Å²) in [4.78, 5) is 8.80. The Morgan fingerprint density at radius 1 is 1.10 bits per heavy atom. The van der Waals surface area contributed by atoms with Gasteiger partial charge in [0.1, 0.15) is 17.6 Å². The van der Waals surface area contributed by atoms with Gasteiger partial charge >= 0.3 is 6.01 Å². The van der Waals surface area contributed by atoms with Gasteiger partial charge in [-0.3, -0.25) is 0 Å². The molecule has 0 bridgehead atoms. The molecule has 3 aromatic rings. The number of nitrogens with one attached hydrogen (secondary N) is 1. The monoisotopic (exact) mass is 438 g/mol. The topological polar surface area (TPSA) is 80.1 Å². The Labute approximate surface area is 188 Å². The molecule has 7 heteroatoms. The molecule has 0 saturated carbocycles. The van der Waals surface area contributed by atoms with Gasteiger partial charge in [-0.05, 0) is 48.7 Å². The van der Waals surface area contributed by atoms with Gasteiger partial charge in [-0.2, -0.15) is 15.2 Å². The van der Waals surface area contributed by atoms with Crippen LogP contribution < -0.4 is 14.8 Å². The molecule has 0 radical (unpaired) electrons. The number of anilines is 1. The van der Waals surface area contributed by atoms with E-state index >= 15 is 0 Å². The van der Waals surface area contributed by atoms with E-state index in [4.69, 9.17) is 26.3 Å². The molecule has 1 N–H and O–H groups in total. The highest BCUT2D eigenvalue weighted by atomic mass is 35.5. The summed E-state index contributed by atoms with van der Waals surface area (Å²) in [5.41, 5.74) is 3.93. The molecule has 162 valence electrons. The van der Waals surface area contributed by atoms with E-state index in [1.165, 1.54) is 12.7 Å². The summed E-state index contributed by atoms with van der Waals surface area (Å²) in [6.07, 6.45) is 0.835. The predicted octanol–water partition coefficient (Wildman–Crippen LogP) is 5.70. The average Bonchev–Trinajstić information content (AvgIpc) is 2.80. The van der Waals surface area contributed by atoms with Crippen molar-refractivity contribution < 1.29 is 9.47 Å². The third-order valence-corrected chi connectivity index (χ3v) is 4.56. The quantitative estimate of drug-likeness (QED) is 0.486. The number of rotatable bonds is 8. The van der Waals surface area contributed by atoms with Crippen molar-refractivity contribution in [2.75, 3.05) is 25.6 Å². The van der Waals surface area contributed by atoms with Gasteiger partial charge in [0.15, 0.2) is 6.61 Å². The van der Waals surface area contributed by atoms with E-state index in [0.717, 1.165) is 22.6 Å². The van der Waals surface area contributed by atoms with Crippen LogP contribution in [0.3, 0.4) is 0 Å². The number of aromatic nitrogens is 2. The van der Waals surface area contributed by atoms with E-state index in [1.807, 2.05) is 62.4 Å². The smallest absolute Gasteiger partial charge is 0.318 e. The molecule has 3 rings (SSSR count). The van der Waals surface area contributed by atoms with Crippen LogP contribution in [-0.2, 0) is 6.42 Å². The molecule has 0 fully saturated rings. The normalized spacial score (nSPS) is 9.81. The summed E-state index contributed by atoms with van der Waals surface area (Å²) < 4.78 is 10.6. The molecule has 0 saturated heterocycles. The van der Waals surface area contributed by atoms with Crippen molar-refractivity contribution in [2.45, 2.75) is 27.2 Å². The summed E-state index contributed by atoms with van der Waals surface area (Å²) in [5.74, 6) is 1.27. The van der Waals surface area contributed by atoms with Crippen molar-refractivity contribution >= 4 is 17.4 Å². The van der Waals surface area contributed by atoms with Crippen LogP contribution in [-0.4, -0.2) is 30.2 Å². The Kier molecular flexibility index (Phi) is 9.60. The van der Waals surface area contributed by atoms with Crippen molar-refractivity contribution in [1.29, 1.82) is 5.26 Å². The Balaban J connectivity index is 0.00000166. The van der Waals surface area contributed by atoms with E-state index < -0.39 is 0 Å². The molecule has 1 heterocycles. The molecule has 0 amide bonds. The Morgan fingerprint density at radius 3 is 2.61 bits per heavy atom. The number of ether oxygens (including phenoxy) is 2. The fourth-order valence-corrected chi connectivity index (χ4v) is 3.11. The van der Waals surface area contributed by atoms with E-state index in [2.05, 4.69) is 22.2 Å². The largest absolute Gasteiger partial charge is 0.479 e. The molecule has 0 aliphatic carbocycles. The summed E-state index contributed by atoms with van der Waals surface area (Å²) >= 11 is 6.02. The molecule has 2 aromatic carbocycles. The SMILES string of the molecule is CC.COc1nc(NCCc2ccc(Cl)cc2C)cc(-c2cccc(OCC#N)c2)n1. The predicted molar refractivity (Wildman–Crippen MR) is 125 cm³/mol. The zero-order valence-electron chi connectivity index (χ0n) is 18.3. The first-order valence-corrected chi connectivity index (χ1v) is 10.5. The van der Waals surface area contributed by atoms with Crippen LogP contribution in [0.25, 0.3) is 11.3 Å². The van der Waals surface area contributed by atoms with E-state index in [-0.39, 0.29) is 12.6 Å². The third kappa shape index (κ3) is 7.16. The zero-order valence-corrected chi connectivity index (χ0v) is 19.0. The third-order valence-electron chi connectivity index (χ3n) is 4.33. The number of benzene rings is 2. The molecule has 6 nitrogen and oxygen atoms in total. The van der Waals surface area contributed by atoms with Crippen LogP contribution in [0.2, 0.25) is 5.02 Å². The van der Waals surface area contributed by atoms with Gasteiger partial charge in [-0.25, -0.2) is 0 Å². The first kappa shape index (κ1) is 24.0. The lowest BCUT2D eigenvalue weighted by Crippen LogP contribution is -2.08. The molecular formula is C24H27ClN4O2. The van der Waals surface area contributed by atoms with Crippen LogP contribution in [0.1, 0.15) is 25.0 Å². The first-order chi connectivity index (χ1) is 15.1. The van der Waals surface area contributed by atoms with E-state index in [1.54, 1.807) is 6.07 Å². The molecule has 1 aromatic heterocycles. The summed E-state index contributed by atoms with van der Waals surface area (Å²) in [6, 6.07) is 17.4. The van der Waals surface area contributed by atoms with Crippen molar-refractivity contribution in [2.24, 2.45) is 0 Å². The van der Waals surface area contributed by atoms with Crippen LogP contribution >= 0.6 is 11.6 Å². The number of hydrogen-bond donors (Lipinski definition) is 1. The lowest BCUT2D eigenvalue weighted by Gasteiger charge is -2.11. The van der Waals surface area contributed by atoms with E-state index in [9.17, 15) is 0 Å². The zero-order chi connectivity index (χ0) is 22.6. The molecule has 0 unspecified atom stereocenters. The van der Waals surface area contributed by atoms with Crippen LogP contribution in [0.15, 0.2) is 48.5 Å². The minimum absolute atomic E-state index is 0.00648.